The Balaban J connectivity index is 1.63. The van der Waals surface area contributed by atoms with E-state index in [9.17, 15) is 5.11 Å². The van der Waals surface area contributed by atoms with E-state index in [4.69, 9.17) is 5.73 Å². The minimum absolute atomic E-state index is 0.354. The molecule has 1 saturated carbocycles. The largest absolute Gasteiger partial charge is 0.385 e. The van der Waals surface area contributed by atoms with E-state index in [1.165, 1.54) is 3.57 Å². The minimum atomic E-state index is -0.622. The Morgan fingerprint density at radius 1 is 1.15 bits per heavy atom. The standard InChI is InChI=1S/C16H23IN2O/c17-13-3-1-12(2-4-13)16(20)8-5-15(6-9-16)19-10-7-14(18)11-19/h1-4,14-15,20H,5-11,18H2/t14-,15?,16?/m1/s1. The zero-order valence-electron chi connectivity index (χ0n) is 11.8. The summed E-state index contributed by atoms with van der Waals surface area (Å²) in [5.74, 6) is 0. The monoisotopic (exact) mass is 386 g/mol. The van der Waals surface area contributed by atoms with Crippen molar-refractivity contribution in [3.63, 3.8) is 0 Å². The Morgan fingerprint density at radius 3 is 2.35 bits per heavy atom. The van der Waals surface area contributed by atoms with Crippen LogP contribution in [-0.2, 0) is 5.60 Å². The summed E-state index contributed by atoms with van der Waals surface area (Å²) >= 11 is 2.30. The van der Waals surface area contributed by atoms with Crippen molar-refractivity contribution in [2.75, 3.05) is 13.1 Å². The maximum absolute atomic E-state index is 10.9. The smallest absolute Gasteiger partial charge is 0.0897 e. The summed E-state index contributed by atoms with van der Waals surface area (Å²) in [6.07, 6.45) is 5.01. The van der Waals surface area contributed by atoms with Gasteiger partial charge in [-0.15, -0.1) is 0 Å². The Kier molecular flexibility index (Phi) is 4.36. The molecule has 0 spiro atoms. The Bertz CT molecular complexity index is 454. The van der Waals surface area contributed by atoms with E-state index in [2.05, 4.69) is 51.8 Å². The van der Waals surface area contributed by atoms with Gasteiger partial charge in [0.2, 0.25) is 0 Å². The summed E-state index contributed by atoms with van der Waals surface area (Å²) in [6, 6.07) is 9.29. The second kappa shape index (κ2) is 5.91. The average molecular weight is 386 g/mol. The molecule has 0 unspecified atom stereocenters. The molecule has 4 heteroatoms. The Hall–Kier alpha value is -0.170. The first-order chi connectivity index (χ1) is 9.57. The van der Waals surface area contributed by atoms with Crippen LogP contribution in [0.4, 0.5) is 0 Å². The van der Waals surface area contributed by atoms with Crippen LogP contribution < -0.4 is 5.73 Å². The van der Waals surface area contributed by atoms with E-state index in [0.717, 1.165) is 50.8 Å². The highest BCUT2D eigenvalue weighted by molar-refractivity contribution is 14.1. The van der Waals surface area contributed by atoms with Crippen molar-refractivity contribution in [2.45, 2.75) is 49.8 Å². The summed E-state index contributed by atoms with van der Waals surface area (Å²) in [6.45, 7) is 2.17. The van der Waals surface area contributed by atoms with E-state index < -0.39 is 5.60 Å². The number of hydrogen-bond acceptors (Lipinski definition) is 3. The third kappa shape index (κ3) is 3.03. The van der Waals surface area contributed by atoms with E-state index in [-0.39, 0.29) is 0 Å². The van der Waals surface area contributed by atoms with Crippen LogP contribution in [0.3, 0.4) is 0 Å². The predicted molar refractivity (Wildman–Crippen MR) is 89.5 cm³/mol. The van der Waals surface area contributed by atoms with Crippen molar-refractivity contribution in [1.82, 2.24) is 4.90 Å². The summed E-state index contributed by atoms with van der Waals surface area (Å²) in [4.78, 5) is 2.53. The van der Waals surface area contributed by atoms with Crippen LogP contribution in [0, 0.1) is 3.57 Å². The molecule has 110 valence electrons. The molecule has 20 heavy (non-hydrogen) atoms. The van der Waals surface area contributed by atoms with Gasteiger partial charge in [-0.05, 0) is 72.4 Å². The van der Waals surface area contributed by atoms with Crippen molar-refractivity contribution in [1.29, 1.82) is 0 Å². The first-order valence-electron chi connectivity index (χ1n) is 7.55. The molecule has 0 bridgehead atoms. The first-order valence-corrected chi connectivity index (χ1v) is 8.63. The van der Waals surface area contributed by atoms with Crippen LogP contribution in [0.2, 0.25) is 0 Å². The molecule has 3 rings (SSSR count). The summed E-state index contributed by atoms with van der Waals surface area (Å²) < 4.78 is 1.22. The fourth-order valence-corrected chi connectivity index (χ4v) is 4.00. The summed E-state index contributed by atoms with van der Waals surface area (Å²) in [7, 11) is 0. The van der Waals surface area contributed by atoms with Gasteiger partial charge < -0.3 is 10.8 Å². The highest BCUT2D eigenvalue weighted by Gasteiger charge is 2.37. The van der Waals surface area contributed by atoms with E-state index in [1.807, 2.05) is 0 Å². The number of hydrogen-bond donors (Lipinski definition) is 2. The Morgan fingerprint density at radius 2 is 1.80 bits per heavy atom. The van der Waals surface area contributed by atoms with Crippen LogP contribution >= 0.6 is 22.6 Å². The molecule has 3 N–H and O–H groups in total. The number of benzene rings is 1. The van der Waals surface area contributed by atoms with Gasteiger partial charge in [-0.25, -0.2) is 0 Å². The van der Waals surface area contributed by atoms with Crippen LogP contribution in [0.25, 0.3) is 0 Å². The molecular formula is C16H23IN2O. The van der Waals surface area contributed by atoms with Crippen LogP contribution in [0.15, 0.2) is 24.3 Å². The third-order valence-corrected chi connectivity index (χ3v) is 5.66. The van der Waals surface area contributed by atoms with Crippen molar-refractivity contribution in [3.8, 4) is 0 Å². The van der Waals surface area contributed by atoms with Crippen LogP contribution in [0.1, 0.15) is 37.7 Å². The molecule has 1 saturated heterocycles. The number of aliphatic hydroxyl groups is 1. The molecule has 1 heterocycles. The third-order valence-electron chi connectivity index (χ3n) is 4.94. The van der Waals surface area contributed by atoms with Gasteiger partial charge in [0.25, 0.3) is 0 Å². The van der Waals surface area contributed by atoms with Gasteiger partial charge in [0.05, 0.1) is 5.60 Å². The number of halogens is 1. The van der Waals surface area contributed by atoms with E-state index >= 15 is 0 Å². The Labute approximate surface area is 134 Å². The van der Waals surface area contributed by atoms with Crippen molar-refractivity contribution in [3.05, 3.63) is 33.4 Å². The zero-order chi connectivity index (χ0) is 14.2. The fraction of sp³-hybridized carbons (Fsp3) is 0.625. The molecule has 0 amide bonds. The molecule has 3 nitrogen and oxygen atoms in total. The highest BCUT2D eigenvalue weighted by Crippen LogP contribution is 2.39. The number of nitrogens with zero attached hydrogens (tertiary/aromatic N) is 1. The minimum Gasteiger partial charge on any atom is -0.385 e. The summed E-state index contributed by atoms with van der Waals surface area (Å²) in [5.41, 5.74) is 6.45. The summed E-state index contributed by atoms with van der Waals surface area (Å²) in [5, 5.41) is 10.9. The molecule has 1 atom stereocenters. The number of likely N-dealkylation sites (tertiary alicyclic amines) is 1. The van der Waals surface area contributed by atoms with Crippen LogP contribution in [-0.4, -0.2) is 35.2 Å². The number of nitrogens with two attached hydrogens (primary N) is 1. The molecule has 1 aromatic carbocycles. The van der Waals surface area contributed by atoms with E-state index in [1.54, 1.807) is 0 Å². The second-order valence-electron chi connectivity index (χ2n) is 6.31. The van der Waals surface area contributed by atoms with Crippen molar-refractivity contribution in [2.24, 2.45) is 5.73 Å². The molecule has 0 radical (unpaired) electrons. The molecule has 0 aromatic heterocycles. The lowest BCUT2D eigenvalue weighted by Crippen LogP contribution is -2.42. The van der Waals surface area contributed by atoms with Gasteiger partial charge >= 0.3 is 0 Å². The number of rotatable bonds is 2. The predicted octanol–water partition coefficient (Wildman–Crippen LogP) is 2.45. The van der Waals surface area contributed by atoms with Crippen LogP contribution in [0.5, 0.6) is 0 Å². The quantitative estimate of drug-likeness (QED) is 0.768. The van der Waals surface area contributed by atoms with Crippen molar-refractivity contribution < 1.29 is 5.11 Å². The lowest BCUT2D eigenvalue weighted by atomic mass is 9.77. The topological polar surface area (TPSA) is 49.5 Å². The van der Waals surface area contributed by atoms with Gasteiger partial charge in [-0.3, -0.25) is 4.90 Å². The average Bonchev–Trinajstić information content (AvgIpc) is 2.87. The molecule has 1 aliphatic heterocycles. The lowest BCUT2D eigenvalue weighted by Gasteiger charge is -2.40. The molecule has 2 fully saturated rings. The SMILES string of the molecule is N[C@@H]1CCN(C2CCC(O)(c3ccc(I)cc3)CC2)C1. The molecule has 2 aliphatic rings. The lowest BCUT2D eigenvalue weighted by molar-refractivity contribution is -0.0222. The normalized spacial score (nSPS) is 35.4. The molecule has 1 aliphatic carbocycles. The van der Waals surface area contributed by atoms with Gasteiger partial charge in [0.15, 0.2) is 0 Å². The van der Waals surface area contributed by atoms with Gasteiger partial charge in [0, 0.05) is 28.7 Å². The maximum atomic E-state index is 10.9. The zero-order valence-corrected chi connectivity index (χ0v) is 13.9. The first kappa shape index (κ1) is 14.8. The second-order valence-corrected chi connectivity index (χ2v) is 7.56. The van der Waals surface area contributed by atoms with Gasteiger partial charge in [0.1, 0.15) is 0 Å². The molecular weight excluding hydrogens is 363 g/mol. The van der Waals surface area contributed by atoms with Gasteiger partial charge in [-0.1, -0.05) is 12.1 Å². The molecule has 1 aromatic rings. The fourth-order valence-electron chi connectivity index (χ4n) is 3.64. The van der Waals surface area contributed by atoms with E-state index in [0.29, 0.717) is 12.1 Å². The van der Waals surface area contributed by atoms with Gasteiger partial charge in [-0.2, -0.15) is 0 Å². The highest BCUT2D eigenvalue weighted by atomic mass is 127. The maximum Gasteiger partial charge on any atom is 0.0897 e. The van der Waals surface area contributed by atoms with Crippen molar-refractivity contribution >= 4 is 22.6 Å².